The van der Waals surface area contributed by atoms with Crippen molar-refractivity contribution in [2.45, 2.75) is 58.2 Å². The lowest BCUT2D eigenvalue weighted by Gasteiger charge is -2.20. The molecule has 0 radical (unpaired) electrons. The van der Waals surface area contributed by atoms with Gasteiger partial charge in [-0.3, -0.25) is 0 Å². The largest absolute Gasteiger partial charge is 0.491 e. The van der Waals surface area contributed by atoms with Gasteiger partial charge in [-0.15, -0.1) is 0 Å². The van der Waals surface area contributed by atoms with Gasteiger partial charge in [0.1, 0.15) is 5.75 Å². The van der Waals surface area contributed by atoms with Crippen molar-refractivity contribution >= 4 is 11.9 Å². The maximum Gasteiger partial charge on any atom is 0.425 e. The molecule has 0 amide bonds. The van der Waals surface area contributed by atoms with Crippen LogP contribution in [0, 0.1) is 11.6 Å². The second-order valence-electron chi connectivity index (χ2n) is 8.95. The minimum atomic E-state index is -4.68. The van der Waals surface area contributed by atoms with Crippen molar-refractivity contribution in [3.05, 3.63) is 83.4 Å². The summed E-state index contributed by atoms with van der Waals surface area (Å²) in [6.07, 6.45) is -4.64. The molecule has 0 saturated carbocycles. The molecule has 0 N–H and O–H groups in total. The highest BCUT2D eigenvalue weighted by Gasteiger charge is 2.42. The number of unbranched alkanes of at least 4 members (excludes halogenated alkanes) is 3. The molecule has 0 fully saturated rings. The van der Waals surface area contributed by atoms with Crippen molar-refractivity contribution in [3.63, 3.8) is 0 Å². The first kappa shape index (κ1) is 30.6. The first-order valence-corrected chi connectivity index (χ1v) is 12.9. The lowest BCUT2D eigenvalue weighted by atomic mass is 10.0. The van der Waals surface area contributed by atoms with Gasteiger partial charge >= 0.3 is 18.1 Å². The van der Waals surface area contributed by atoms with E-state index in [2.05, 4.69) is 0 Å². The molecule has 0 aliphatic carbocycles. The fourth-order valence-corrected chi connectivity index (χ4v) is 3.88. The third-order valence-electron chi connectivity index (χ3n) is 6.01. The number of esters is 2. The van der Waals surface area contributed by atoms with Crippen LogP contribution < -0.4 is 9.47 Å². The van der Waals surface area contributed by atoms with Gasteiger partial charge in [-0.05, 0) is 73.9 Å². The molecule has 0 aromatic heterocycles. The van der Waals surface area contributed by atoms with E-state index in [1.807, 2.05) is 6.92 Å². The van der Waals surface area contributed by atoms with Crippen molar-refractivity contribution in [1.29, 1.82) is 0 Å². The predicted molar refractivity (Wildman–Crippen MR) is 138 cm³/mol. The lowest BCUT2D eigenvalue weighted by molar-refractivity contribution is -0.206. The molecule has 0 aliphatic rings. The van der Waals surface area contributed by atoms with Crippen LogP contribution in [0.2, 0.25) is 0 Å². The number of hydrogen-bond acceptors (Lipinski definition) is 5. The molecule has 0 heterocycles. The third kappa shape index (κ3) is 8.03. The van der Waals surface area contributed by atoms with Crippen LogP contribution in [0.3, 0.4) is 0 Å². The average Bonchev–Trinajstić information content (AvgIpc) is 2.93. The van der Waals surface area contributed by atoms with Gasteiger partial charge in [-0.1, -0.05) is 38.3 Å². The van der Waals surface area contributed by atoms with E-state index in [0.717, 1.165) is 12.8 Å². The smallest absolute Gasteiger partial charge is 0.425 e. The van der Waals surface area contributed by atoms with Crippen LogP contribution in [-0.2, 0) is 4.74 Å². The van der Waals surface area contributed by atoms with Crippen molar-refractivity contribution in [1.82, 2.24) is 0 Å². The number of benzene rings is 3. The summed E-state index contributed by atoms with van der Waals surface area (Å²) >= 11 is 0. The van der Waals surface area contributed by atoms with E-state index >= 15 is 0 Å². The van der Waals surface area contributed by atoms with E-state index < -0.39 is 35.9 Å². The molecule has 1 atom stereocenters. The maximum atomic E-state index is 14.5. The van der Waals surface area contributed by atoms with Crippen LogP contribution in [0.5, 0.6) is 11.5 Å². The predicted octanol–water partition coefficient (Wildman–Crippen LogP) is 8.31. The zero-order valence-electron chi connectivity index (χ0n) is 22.0. The number of carbonyl (C=O) groups excluding carboxylic acids is 2. The third-order valence-corrected chi connectivity index (χ3v) is 6.01. The second kappa shape index (κ2) is 13.9. The summed E-state index contributed by atoms with van der Waals surface area (Å²) in [6.45, 7) is 3.76. The summed E-state index contributed by atoms with van der Waals surface area (Å²) < 4.78 is 83.6. The van der Waals surface area contributed by atoms with Gasteiger partial charge in [-0.2, -0.15) is 17.6 Å². The van der Waals surface area contributed by atoms with E-state index in [4.69, 9.17) is 14.2 Å². The van der Waals surface area contributed by atoms with Crippen molar-refractivity contribution in [2.75, 3.05) is 6.61 Å². The molecule has 0 spiro atoms. The Morgan fingerprint density at radius 2 is 1.40 bits per heavy atom. The summed E-state index contributed by atoms with van der Waals surface area (Å²) in [5.41, 5.74) is 0.283. The number of hydrogen-bond donors (Lipinski definition) is 0. The van der Waals surface area contributed by atoms with E-state index in [1.165, 1.54) is 60.7 Å². The molecule has 0 saturated heterocycles. The van der Waals surface area contributed by atoms with Crippen LogP contribution in [0.1, 0.15) is 66.7 Å². The van der Waals surface area contributed by atoms with Crippen LogP contribution in [-0.4, -0.2) is 30.8 Å². The summed E-state index contributed by atoms with van der Waals surface area (Å²) in [5, 5.41) is 0. The summed E-state index contributed by atoms with van der Waals surface area (Å²) in [7, 11) is 0. The minimum absolute atomic E-state index is 0.0166. The molecule has 3 rings (SSSR count). The zero-order chi connectivity index (χ0) is 29.3. The van der Waals surface area contributed by atoms with E-state index in [1.54, 1.807) is 6.92 Å². The van der Waals surface area contributed by atoms with E-state index in [9.17, 15) is 31.5 Å². The number of alkyl halides is 3. The van der Waals surface area contributed by atoms with Gasteiger partial charge in [0.2, 0.25) is 5.82 Å². The highest BCUT2D eigenvalue weighted by molar-refractivity contribution is 5.92. The molecular formula is C30H29F5O5. The molecule has 5 nitrogen and oxygen atoms in total. The Balaban J connectivity index is 1.62. The van der Waals surface area contributed by atoms with Gasteiger partial charge in [0.05, 0.1) is 17.7 Å². The Bertz CT molecular complexity index is 1290. The van der Waals surface area contributed by atoms with Crippen molar-refractivity contribution < 1.29 is 45.8 Å². The minimum Gasteiger partial charge on any atom is -0.491 e. The second-order valence-corrected chi connectivity index (χ2v) is 8.95. The molecule has 40 heavy (non-hydrogen) atoms. The maximum absolute atomic E-state index is 14.5. The number of halogens is 5. The normalized spacial score (nSPS) is 12.1. The molecule has 0 unspecified atom stereocenters. The molecule has 10 heteroatoms. The van der Waals surface area contributed by atoms with Crippen LogP contribution in [0.15, 0.2) is 60.7 Å². The fraction of sp³-hybridized carbons (Fsp3) is 0.333. The van der Waals surface area contributed by atoms with Crippen molar-refractivity contribution in [3.8, 4) is 22.6 Å². The molecule has 0 aliphatic heterocycles. The SMILES string of the molecule is CCCCCC[C@H](OC(=O)c1ccc(OC(=O)c2ccc(-c3ccc(OCC)c(F)c3F)cc2)cc1)C(F)(F)F. The van der Waals surface area contributed by atoms with Crippen LogP contribution in [0.25, 0.3) is 11.1 Å². The standard InChI is InChI=1S/C30H29F5O5/c1-3-5-6-7-8-25(30(33,34)35)40-29(37)21-13-15-22(16-14-21)39-28(36)20-11-9-19(10-12-20)23-17-18-24(38-4-2)27(32)26(23)31/h9-18,25H,3-8H2,1-2H3/t25-/m0/s1. The molecule has 3 aromatic carbocycles. The average molecular weight is 565 g/mol. The summed E-state index contributed by atoms with van der Waals surface area (Å²) in [6, 6.07) is 13.2. The van der Waals surface area contributed by atoms with Crippen LogP contribution >= 0.6 is 0 Å². The first-order valence-electron chi connectivity index (χ1n) is 12.9. The van der Waals surface area contributed by atoms with Crippen LogP contribution in [0.4, 0.5) is 22.0 Å². The number of rotatable bonds is 12. The first-order chi connectivity index (χ1) is 19.0. The number of carbonyl (C=O) groups is 2. The van der Waals surface area contributed by atoms with Gasteiger partial charge in [-0.25, -0.2) is 14.0 Å². The molecular weight excluding hydrogens is 535 g/mol. The Morgan fingerprint density at radius 3 is 2.00 bits per heavy atom. The van der Waals surface area contributed by atoms with E-state index in [0.29, 0.717) is 12.0 Å². The van der Waals surface area contributed by atoms with Gasteiger partial charge in [0.15, 0.2) is 17.7 Å². The Morgan fingerprint density at radius 1 is 0.775 bits per heavy atom. The van der Waals surface area contributed by atoms with E-state index in [-0.39, 0.29) is 47.6 Å². The Labute approximate surface area is 228 Å². The monoisotopic (exact) mass is 564 g/mol. The van der Waals surface area contributed by atoms with Gasteiger partial charge in [0, 0.05) is 5.56 Å². The molecule has 0 bridgehead atoms. The van der Waals surface area contributed by atoms with Gasteiger partial charge in [0.25, 0.3) is 0 Å². The van der Waals surface area contributed by atoms with Crippen molar-refractivity contribution in [2.24, 2.45) is 0 Å². The summed E-state index contributed by atoms with van der Waals surface area (Å²) in [4.78, 5) is 24.8. The lowest BCUT2D eigenvalue weighted by Crippen LogP contribution is -2.33. The molecule has 214 valence electrons. The Hall–Kier alpha value is -3.95. The number of ether oxygens (including phenoxy) is 3. The highest BCUT2D eigenvalue weighted by atomic mass is 19.4. The van der Waals surface area contributed by atoms with Gasteiger partial charge < -0.3 is 14.2 Å². The topological polar surface area (TPSA) is 61.8 Å². The zero-order valence-corrected chi connectivity index (χ0v) is 22.0. The fourth-order valence-electron chi connectivity index (χ4n) is 3.88. The molecule has 3 aromatic rings. The Kier molecular flexibility index (Phi) is 10.6. The highest BCUT2D eigenvalue weighted by Crippen LogP contribution is 2.31. The quantitative estimate of drug-likeness (QED) is 0.0958. The summed E-state index contributed by atoms with van der Waals surface area (Å²) in [5.74, 6) is -4.27.